The summed E-state index contributed by atoms with van der Waals surface area (Å²) in [4.78, 5) is 9.96. The molecular formula is C6H3F9O. The average molecular weight is 262 g/mol. The number of ketones is 1. The van der Waals surface area contributed by atoms with E-state index in [0.717, 1.165) is 0 Å². The van der Waals surface area contributed by atoms with Gasteiger partial charge in [0.05, 0.1) is 0 Å². The molecule has 1 atom stereocenters. The van der Waals surface area contributed by atoms with Gasteiger partial charge in [0.15, 0.2) is 0 Å². The van der Waals surface area contributed by atoms with Crippen molar-refractivity contribution >= 4 is 5.78 Å². The summed E-state index contributed by atoms with van der Waals surface area (Å²) in [6.45, 7) is -0.837. The first-order valence-electron chi connectivity index (χ1n) is 3.40. The van der Waals surface area contributed by atoms with E-state index in [1.807, 2.05) is 0 Å². The maximum Gasteiger partial charge on any atom is 0.456 e. The lowest BCUT2D eigenvalue weighted by molar-refractivity contribution is -0.294. The number of Topliss-reactive ketones (excluding diaryl/α,β-unsaturated/α-hetero) is 1. The summed E-state index contributed by atoms with van der Waals surface area (Å²) in [5.74, 6) is -10.3. The molecule has 1 unspecified atom stereocenters. The number of halogens is 9. The van der Waals surface area contributed by atoms with Crippen molar-refractivity contribution in [3.05, 3.63) is 0 Å². The van der Waals surface area contributed by atoms with Gasteiger partial charge < -0.3 is 0 Å². The molecular weight excluding hydrogens is 259 g/mol. The number of hydrogen-bond donors (Lipinski definition) is 0. The van der Waals surface area contributed by atoms with Crippen molar-refractivity contribution in [2.45, 2.75) is 30.9 Å². The lowest BCUT2D eigenvalue weighted by Crippen LogP contribution is -2.60. The Bertz CT molecular complexity index is 283. The topological polar surface area (TPSA) is 17.1 Å². The number of carbonyl (C=O) groups is 1. The van der Waals surface area contributed by atoms with Crippen LogP contribution >= 0.6 is 0 Å². The van der Waals surface area contributed by atoms with Gasteiger partial charge in [-0.05, 0) is 6.92 Å². The maximum absolute atomic E-state index is 12.6. The highest BCUT2D eigenvalue weighted by Gasteiger charge is 2.75. The molecule has 1 nitrogen and oxygen atoms in total. The Labute approximate surface area is 82.2 Å². The minimum absolute atomic E-state index is 0.837. The van der Waals surface area contributed by atoms with Crippen molar-refractivity contribution in [3.63, 3.8) is 0 Å². The van der Waals surface area contributed by atoms with Crippen LogP contribution < -0.4 is 0 Å². The van der Waals surface area contributed by atoms with E-state index in [-0.39, 0.29) is 0 Å². The third-order valence-corrected chi connectivity index (χ3v) is 1.66. The smallest absolute Gasteiger partial charge is 0.283 e. The third kappa shape index (κ3) is 2.24. The number of rotatable bonds is 2. The first-order valence-corrected chi connectivity index (χ1v) is 3.40. The molecule has 0 heterocycles. The highest BCUT2D eigenvalue weighted by atomic mass is 19.4. The third-order valence-electron chi connectivity index (χ3n) is 1.66. The van der Waals surface area contributed by atoms with Gasteiger partial charge in [-0.1, -0.05) is 0 Å². The predicted molar refractivity (Wildman–Crippen MR) is 31.6 cm³/mol. The monoisotopic (exact) mass is 262 g/mol. The summed E-state index contributed by atoms with van der Waals surface area (Å²) in [5, 5.41) is 0. The molecule has 0 aliphatic carbocycles. The van der Waals surface area contributed by atoms with E-state index in [0.29, 0.717) is 0 Å². The van der Waals surface area contributed by atoms with E-state index >= 15 is 0 Å². The molecule has 0 rings (SSSR count). The normalized spacial score (nSPS) is 18.1. The van der Waals surface area contributed by atoms with E-state index in [1.165, 1.54) is 0 Å². The fourth-order valence-electron chi connectivity index (χ4n) is 0.569. The van der Waals surface area contributed by atoms with E-state index in [9.17, 15) is 44.3 Å². The van der Waals surface area contributed by atoms with Crippen molar-refractivity contribution in [1.29, 1.82) is 0 Å². The van der Waals surface area contributed by atoms with E-state index < -0.39 is 36.7 Å². The number of alkyl halides is 9. The van der Waals surface area contributed by atoms with Gasteiger partial charge in [0.2, 0.25) is 0 Å². The zero-order valence-electron chi connectivity index (χ0n) is 7.31. The number of hydrogen-bond acceptors (Lipinski definition) is 1. The van der Waals surface area contributed by atoms with Crippen molar-refractivity contribution < 1.29 is 44.3 Å². The molecule has 0 radical (unpaired) electrons. The molecule has 0 fully saturated rings. The zero-order chi connectivity index (χ0) is 13.6. The Morgan fingerprint density at radius 3 is 1.31 bits per heavy atom. The van der Waals surface area contributed by atoms with Crippen LogP contribution in [0.2, 0.25) is 0 Å². The Morgan fingerprint density at radius 1 is 0.812 bits per heavy atom. The van der Waals surface area contributed by atoms with Gasteiger partial charge in [-0.3, -0.25) is 4.79 Å². The maximum atomic E-state index is 12.6. The fourth-order valence-corrected chi connectivity index (χ4v) is 0.569. The number of carbonyl (C=O) groups excluding carboxylic acids is 1. The SMILES string of the molecule is CC(F)(C(F)(F)F)C(F)(F)C(=O)C(F)(F)F. The van der Waals surface area contributed by atoms with E-state index in [1.54, 1.807) is 0 Å². The van der Waals surface area contributed by atoms with Crippen LogP contribution in [0.5, 0.6) is 0 Å². The summed E-state index contributed by atoms with van der Waals surface area (Å²) in [7, 11) is 0. The van der Waals surface area contributed by atoms with Crippen molar-refractivity contribution in [2.24, 2.45) is 0 Å². The molecule has 0 saturated carbocycles. The summed E-state index contributed by atoms with van der Waals surface area (Å²) in [5.41, 5.74) is -5.59. The second-order valence-corrected chi connectivity index (χ2v) is 2.90. The van der Waals surface area contributed by atoms with Crippen LogP contribution in [0.4, 0.5) is 39.5 Å². The van der Waals surface area contributed by atoms with Crippen LogP contribution in [-0.2, 0) is 4.79 Å². The van der Waals surface area contributed by atoms with Crippen molar-refractivity contribution in [2.75, 3.05) is 0 Å². The molecule has 10 heteroatoms. The van der Waals surface area contributed by atoms with Gasteiger partial charge in [-0.15, -0.1) is 0 Å². The van der Waals surface area contributed by atoms with Gasteiger partial charge >= 0.3 is 24.1 Å². The van der Waals surface area contributed by atoms with Gasteiger partial charge in [0.1, 0.15) is 0 Å². The molecule has 0 aromatic rings. The Balaban J connectivity index is 5.46. The molecule has 0 bridgehead atoms. The summed E-state index contributed by atoms with van der Waals surface area (Å²) in [6.07, 6.45) is -12.6. The molecule has 16 heavy (non-hydrogen) atoms. The fraction of sp³-hybridized carbons (Fsp3) is 0.833. The van der Waals surface area contributed by atoms with Crippen LogP contribution in [-0.4, -0.2) is 29.7 Å². The lowest BCUT2D eigenvalue weighted by atomic mass is 9.95. The Hall–Kier alpha value is -0.960. The predicted octanol–water partition coefficient (Wildman–Crippen LogP) is 3.04. The van der Waals surface area contributed by atoms with Crippen LogP contribution in [0.25, 0.3) is 0 Å². The van der Waals surface area contributed by atoms with Gasteiger partial charge in [-0.2, -0.15) is 35.1 Å². The van der Waals surface area contributed by atoms with Gasteiger partial charge in [-0.25, -0.2) is 4.39 Å². The first-order chi connectivity index (χ1) is 6.65. The molecule has 0 aromatic carbocycles. The first kappa shape index (κ1) is 15.0. The van der Waals surface area contributed by atoms with Crippen molar-refractivity contribution in [1.82, 2.24) is 0 Å². The lowest BCUT2D eigenvalue weighted by Gasteiger charge is -2.30. The summed E-state index contributed by atoms with van der Waals surface area (Å²) in [6, 6.07) is 0. The minimum Gasteiger partial charge on any atom is -0.283 e. The molecule has 0 spiro atoms. The second-order valence-electron chi connectivity index (χ2n) is 2.90. The zero-order valence-corrected chi connectivity index (χ0v) is 7.31. The minimum atomic E-state index is -6.31. The Kier molecular flexibility index (Phi) is 3.31. The highest BCUT2D eigenvalue weighted by Crippen LogP contribution is 2.47. The standard InChI is InChI=1S/C6H3F9O/c1-3(7,6(13,14)15)4(8,9)2(16)5(10,11)12/h1H3. The van der Waals surface area contributed by atoms with E-state index in [2.05, 4.69) is 0 Å². The molecule has 0 aliphatic rings. The quantitative estimate of drug-likeness (QED) is 0.699. The van der Waals surface area contributed by atoms with Gasteiger partial charge in [0, 0.05) is 0 Å². The van der Waals surface area contributed by atoms with Crippen LogP contribution in [0.1, 0.15) is 6.92 Å². The molecule has 96 valence electrons. The molecule has 0 N–H and O–H groups in total. The molecule has 0 aromatic heterocycles. The highest BCUT2D eigenvalue weighted by molar-refractivity contribution is 5.91. The molecule has 0 aliphatic heterocycles. The van der Waals surface area contributed by atoms with Crippen LogP contribution in [0.15, 0.2) is 0 Å². The van der Waals surface area contributed by atoms with Crippen LogP contribution in [0.3, 0.4) is 0 Å². The molecule has 0 saturated heterocycles. The van der Waals surface area contributed by atoms with Crippen LogP contribution in [0, 0.1) is 0 Å². The van der Waals surface area contributed by atoms with Crippen molar-refractivity contribution in [3.8, 4) is 0 Å². The average Bonchev–Trinajstić information content (AvgIpc) is 1.98. The second kappa shape index (κ2) is 3.52. The largest absolute Gasteiger partial charge is 0.456 e. The Morgan fingerprint density at radius 2 is 1.12 bits per heavy atom. The molecule has 0 amide bonds. The van der Waals surface area contributed by atoms with Gasteiger partial charge in [0.25, 0.3) is 5.67 Å². The van der Waals surface area contributed by atoms with E-state index in [4.69, 9.17) is 0 Å². The summed E-state index contributed by atoms with van der Waals surface area (Å²) < 4.78 is 107. The summed E-state index contributed by atoms with van der Waals surface area (Å²) >= 11 is 0.